The van der Waals surface area contributed by atoms with E-state index >= 15 is 0 Å². The monoisotopic (exact) mass is 390 g/mol. The van der Waals surface area contributed by atoms with Crippen molar-refractivity contribution in [3.8, 4) is 5.75 Å². The van der Waals surface area contributed by atoms with Crippen LogP contribution in [0.4, 0.5) is 0 Å². The van der Waals surface area contributed by atoms with Crippen molar-refractivity contribution in [2.45, 2.75) is 6.92 Å². The molecule has 0 fully saturated rings. The van der Waals surface area contributed by atoms with Crippen molar-refractivity contribution in [1.29, 1.82) is 0 Å². The minimum atomic E-state index is -0.591. The number of rotatable bonds is 7. The smallest absolute Gasteiger partial charge is 0.265 e. The Balaban J connectivity index is 2.17. The van der Waals surface area contributed by atoms with Gasteiger partial charge in [-0.3, -0.25) is 14.4 Å². The molecule has 0 atom stereocenters. The summed E-state index contributed by atoms with van der Waals surface area (Å²) in [6.45, 7) is 2.59. The van der Waals surface area contributed by atoms with Crippen LogP contribution in [0, 0.1) is 6.92 Å². The maximum atomic E-state index is 12.3. The molecule has 1 amide bonds. The van der Waals surface area contributed by atoms with Gasteiger partial charge in [-0.05, 0) is 31.2 Å². The Morgan fingerprint density at radius 3 is 2.74 bits per heavy atom. The highest BCUT2D eigenvalue weighted by Crippen LogP contribution is 2.21. The van der Waals surface area contributed by atoms with Gasteiger partial charge in [0.15, 0.2) is 5.78 Å². The Morgan fingerprint density at radius 1 is 1.37 bits per heavy atom. The highest BCUT2D eigenvalue weighted by molar-refractivity contribution is 7.14. The third-order valence-electron chi connectivity index (χ3n) is 4.11. The summed E-state index contributed by atoms with van der Waals surface area (Å²) in [4.78, 5) is 39.6. The van der Waals surface area contributed by atoms with Crippen molar-refractivity contribution < 1.29 is 19.4 Å². The van der Waals surface area contributed by atoms with Crippen LogP contribution in [0.3, 0.4) is 0 Å². The molecule has 7 nitrogen and oxygen atoms in total. The zero-order valence-electron chi connectivity index (χ0n) is 15.7. The second-order valence-corrected chi connectivity index (χ2v) is 7.14. The Morgan fingerprint density at radius 2 is 2.07 bits per heavy atom. The van der Waals surface area contributed by atoms with Crippen LogP contribution in [0.5, 0.6) is 5.75 Å². The van der Waals surface area contributed by atoms with E-state index in [4.69, 9.17) is 4.74 Å². The van der Waals surface area contributed by atoms with Gasteiger partial charge in [-0.25, -0.2) is 0 Å². The first-order valence-electron chi connectivity index (χ1n) is 8.22. The van der Waals surface area contributed by atoms with Crippen LogP contribution in [0.2, 0.25) is 0 Å². The number of thiophene rings is 1. The van der Waals surface area contributed by atoms with Crippen LogP contribution in [-0.4, -0.2) is 53.6 Å². The van der Waals surface area contributed by atoms with E-state index in [0.29, 0.717) is 28.6 Å². The SMILES string of the molecule is COCCN(C)C(=O)c1ccc(C=CC(=O)c2c(O)cc(C)n(C)c2=O)s1. The standard InChI is InChI=1S/C19H22N2O5S/c1-12-11-15(23)17(19(25)21(12)3)14(22)7-5-13-6-8-16(27-13)18(24)20(2)9-10-26-4/h5-8,11,23H,9-10H2,1-4H3. The Kier molecular flexibility index (Phi) is 6.70. The maximum absolute atomic E-state index is 12.3. The topological polar surface area (TPSA) is 88.8 Å². The first-order chi connectivity index (χ1) is 12.8. The lowest BCUT2D eigenvalue weighted by Crippen LogP contribution is -2.29. The number of ether oxygens (including phenoxy) is 1. The first kappa shape index (κ1) is 20.6. The molecule has 0 spiro atoms. The molecule has 0 saturated carbocycles. The zero-order chi connectivity index (χ0) is 20.1. The second-order valence-electron chi connectivity index (χ2n) is 6.03. The van der Waals surface area contributed by atoms with Crippen molar-refractivity contribution in [2.75, 3.05) is 27.3 Å². The Labute approximate surface area is 161 Å². The maximum Gasteiger partial charge on any atom is 0.265 e. The fourth-order valence-electron chi connectivity index (χ4n) is 2.35. The molecule has 2 heterocycles. The number of hydrogen-bond acceptors (Lipinski definition) is 6. The van der Waals surface area contributed by atoms with Gasteiger partial charge in [0.2, 0.25) is 0 Å². The summed E-state index contributed by atoms with van der Waals surface area (Å²) in [5.74, 6) is -1.06. The number of likely N-dealkylation sites (N-methyl/N-ethyl adjacent to an activating group) is 1. The number of pyridine rings is 1. The predicted molar refractivity (Wildman–Crippen MR) is 105 cm³/mol. The van der Waals surface area contributed by atoms with Gasteiger partial charge in [0, 0.05) is 44.4 Å². The highest BCUT2D eigenvalue weighted by atomic mass is 32.1. The minimum Gasteiger partial charge on any atom is -0.507 e. The van der Waals surface area contributed by atoms with E-state index in [1.165, 1.54) is 41.2 Å². The van der Waals surface area contributed by atoms with Gasteiger partial charge >= 0.3 is 0 Å². The third kappa shape index (κ3) is 4.72. The molecular weight excluding hydrogens is 368 g/mol. The zero-order valence-corrected chi connectivity index (χ0v) is 16.5. The molecule has 2 rings (SSSR count). The van der Waals surface area contributed by atoms with Crippen LogP contribution in [0.25, 0.3) is 6.08 Å². The fourth-order valence-corrected chi connectivity index (χ4v) is 3.26. The van der Waals surface area contributed by atoms with E-state index in [9.17, 15) is 19.5 Å². The lowest BCUT2D eigenvalue weighted by atomic mass is 10.1. The summed E-state index contributed by atoms with van der Waals surface area (Å²) in [6, 6.07) is 4.78. The summed E-state index contributed by atoms with van der Waals surface area (Å²) < 4.78 is 6.26. The number of methoxy groups -OCH3 is 1. The van der Waals surface area contributed by atoms with Crippen LogP contribution >= 0.6 is 11.3 Å². The summed E-state index contributed by atoms with van der Waals surface area (Å²) in [6.07, 6.45) is 2.75. The largest absolute Gasteiger partial charge is 0.507 e. The number of aromatic nitrogens is 1. The van der Waals surface area contributed by atoms with Gasteiger partial charge in [0.05, 0.1) is 11.5 Å². The van der Waals surface area contributed by atoms with E-state index < -0.39 is 11.3 Å². The lowest BCUT2D eigenvalue weighted by molar-refractivity contribution is 0.0748. The molecule has 1 N–H and O–H groups in total. The number of hydrogen-bond donors (Lipinski definition) is 1. The molecule has 0 radical (unpaired) electrons. The molecule has 0 unspecified atom stereocenters. The number of aromatic hydroxyl groups is 1. The van der Waals surface area contributed by atoms with Crippen LogP contribution in [0.15, 0.2) is 29.1 Å². The molecule has 0 saturated heterocycles. The Hall–Kier alpha value is -2.71. The molecule has 0 bridgehead atoms. The van der Waals surface area contributed by atoms with Gasteiger partial charge in [0.25, 0.3) is 11.5 Å². The van der Waals surface area contributed by atoms with E-state index in [-0.39, 0.29) is 17.2 Å². The van der Waals surface area contributed by atoms with Crippen molar-refractivity contribution >= 4 is 29.1 Å². The van der Waals surface area contributed by atoms with E-state index in [1.807, 2.05) is 0 Å². The van der Waals surface area contributed by atoms with Gasteiger partial charge in [0.1, 0.15) is 11.3 Å². The van der Waals surface area contributed by atoms with E-state index in [2.05, 4.69) is 0 Å². The molecule has 2 aromatic heterocycles. The molecule has 0 aliphatic carbocycles. The number of amides is 1. The first-order valence-corrected chi connectivity index (χ1v) is 9.04. The number of carbonyl (C=O) groups is 2. The second kappa shape index (κ2) is 8.79. The molecule has 27 heavy (non-hydrogen) atoms. The number of aryl methyl sites for hydroxylation is 1. The average Bonchev–Trinajstić information content (AvgIpc) is 3.10. The number of ketones is 1. The third-order valence-corrected chi connectivity index (χ3v) is 5.15. The van der Waals surface area contributed by atoms with Crippen LogP contribution < -0.4 is 5.56 Å². The fraction of sp³-hybridized carbons (Fsp3) is 0.316. The van der Waals surface area contributed by atoms with Gasteiger partial charge < -0.3 is 19.3 Å². The van der Waals surface area contributed by atoms with E-state index in [0.717, 1.165) is 0 Å². The van der Waals surface area contributed by atoms with Gasteiger partial charge in [-0.1, -0.05) is 0 Å². The quantitative estimate of drug-likeness (QED) is 0.578. The number of allylic oxidation sites excluding steroid dienone is 1. The predicted octanol–water partition coefficient (Wildman–Crippen LogP) is 2.08. The normalized spacial score (nSPS) is 11.1. The Bertz CT molecular complexity index is 942. The summed E-state index contributed by atoms with van der Waals surface area (Å²) in [5, 5.41) is 9.95. The molecule has 0 aromatic carbocycles. The summed E-state index contributed by atoms with van der Waals surface area (Å²) >= 11 is 1.24. The van der Waals surface area contributed by atoms with Crippen LogP contribution in [-0.2, 0) is 11.8 Å². The summed E-state index contributed by atoms with van der Waals surface area (Å²) in [7, 11) is 4.80. The lowest BCUT2D eigenvalue weighted by Gasteiger charge is -2.15. The van der Waals surface area contributed by atoms with Gasteiger partial charge in [-0.2, -0.15) is 0 Å². The number of nitrogens with zero attached hydrogens (tertiary/aromatic N) is 2. The molecule has 8 heteroatoms. The minimum absolute atomic E-state index is 0.131. The van der Waals surface area contributed by atoms with Crippen molar-refractivity contribution in [2.24, 2.45) is 7.05 Å². The highest BCUT2D eigenvalue weighted by Gasteiger charge is 2.17. The molecular formula is C19H22N2O5S. The van der Waals surface area contributed by atoms with E-state index in [1.54, 1.807) is 38.1 Å². The average molecular weight is 390 g/mol. The summed E-state index contributed by atoms with van der Waals surface area (Å²) in [5.41, 5.74) is -0.271. The van der Waals surface area contributed by atoms with Crippen molar-refractivity contribution in [3.05, 3.63) is 55.6 Å². The number of carbonyl (C=O) groups excluding carboxylic acids is 2. The van der Waals surface area contributed by atoms with Crippen molar-refractivity contribution in [3.63, 3.8) is 0 Å². The van der Waals surface area contributed by atoms with Gasteiger partial charge in [-0.15, -0.1) is 11.3 Å². The van der Waals surface area contributed by atoms with Crippen molar-refractivity contribution in [1.82, 2.24) is 9.47 Å². The molecule has 144 valence electrons. The molecule has 0 aliphatic heterocycles. The molecule has 0 aliphatic rings. The molecule has 2 aromatic rings. The van der Waals surface area contributed by atoms with Crippen LogP contribution in [0.1, 0.15) is 30.6 Å².